The highest BCUT2D eigenvalue weighted by molar-refractivity contribution is 6.39. The van der Waals surface area contributed by atoms with Gasteiger partial charge in [0.15, 0.2) is 0 Å². The van der Waals surface area contributed by atoms with Crippen molar-refractivity contribution in [3.05, 3.63) is 81.8 Å². The van der Waals surface area contributed by atoms with Gasteiger partial charge in [-0.3, -0.25) is 0 Å². The number of aromatic nitrogens is 2. The number of hydrogen-bond donors (Lipinski definition) is 6. The number of amides is 2. The van der Waals surface area contributed by atoms with E-state index in [1.807, 2.05) is 60.7 Å². The summed E-state index contributed by atoms with van der Waals surface area (Å²) in [6.45, 7) is 2.32. The lowest BCUT2D eigenvalue weighted by Gasteiger charge is -2.15. The van der Waals surface area contributed by atoms with Gasteiger partial charge in [0.2, 0.25) is 11.8 Å². The predicted octanol–water partition coefficient (Wildman–Crippen LogP) is 5.52. The highest BCUT2D eigenvalue weighted by atomic mass is 35.5. The number of methoxy groups -OCH3 is 2. The summed E-state index contributed by atoms with van der Waals surface area (Å²) < 4.78 is 11.1. The van der Waals surface area contributed by atoms with Gasteiger partial charge in [0.25, 0.3) is 0 Å². The molecule has 242 valence electrons. The SMILES string of the molecule is COc1nc(-c2cccc(-c3cccc(-c4ccc(CNCCNC(=O)O)c(OC)n4)c3Cl)c2Cl)ccc1CNCCNC(=O)O. The van der Waals surface area contributed by atoms with E-state index in [0.717, 1.165) is 11.1 Å². The quantitative estimate of drug-likeness (QED) is 0.0888. The first-order valence-corrected chi connectivity index (χ1v) is 15.0. The van der Waals surface area contributed by atoms with Gasteiger partial charge in [0.1, 0.15) is 0 Å². The van der Waals surface area contributed by atoms with Gasteiger partial charge >= 0.3 is 12.2 Å². The van der Waals surface area contributed by atoms with Crippen LogP contribution in [0.2, 0.25) is 10.0 Å². The highest BCUT2D eigenvalue weighted by Crippen LogP contribution is 2.42. The Hall–Kier alpha value is -4.62. The van der Waals surface area contributed by atoms with E-state index in [2.05, 4.69) is 21.3 Å². The molecule has 0 unspecified atom stereocenters. The second-order valence-corrected chi connectivity index (χ2v) is 10.6. The second kappa shape index (κ2) is 16.6. The van der Waals surface area contributed by atoms with Gasteiger partial charge in [-0.1, -0.05) is 71.7 Å². The Labute approximate surface area is 276 Å². The Balaban J connectivity index is 1.57. The van der Waals surface area contributed by atoms with Crippen LogP contribution >= 0.6 is 23.2 Å². The van der Waals surface area contributed by atoms with Gasteiger partial charge in [-0.2, -0.15) is 0 Å². The first kappa shape index (κ1) is 34.3. The van der Waals surface area contributed by atoms with Crippen molar-refractivity contribution in [2.75, 3.05) is 40.4 Å². The molecule has 0 fully saturated rings. The smallest absolute Gasteiger partial charge is 0.404 e. The van der Waals surface area contributed by atoms with Crippen molar-refractivity contribution in [3.8, 4) is 45.4 Å². The van der Waals surface area contributed by atoms with Crippen LogP contribution in [0.15, 0.2) is 60.7 Å². The fourth-order valence-electron chi connectivity index (χ4n) is 4.70. The molecule has 0 saturated heterocycles. The zero-order valence-corrected chi connectivity index (χ0v) is 26.7. The molecule has 2 heterocycles. The number of benzene rings is 2. The molecule has 0 aliphatic rings. The van der Waals surface area contributed by atoms with Gasteiger partial charge in [-0.25, -0.2) is 19.6 Å². The van der Waals surface area contributed by atoms with E-state index in [1.54, 1.807) is 0 Å². The number of nitrogens with one attached hydrogen (secondary N) is 4. The van der Waals surface area contributed by atoms with Gasteiger partial charge in [0, 0.05) is 72.6 Å². The Morgan fingerprint density at radius 1 is 0.630 bits per heavy atom. The number of hydrogen-bond acceptors (Lipinski definition) is 8. The van der Waals surface area contributed by atoms with Crippen LogP contribution in [0, 0.1) is 0 Å². The monoisotopic (exact) mass is 668 g/mol. The number of ether oxygens (including phenoxy) is 2. The molecule has 12 nitrogen and oxygen atoms in total. The number of halogens is 2. The Bertz CT molecular complexity index is 1570. The van der Waals surface area contributed by atoms with Gasteiger partial charge < -0.3 is 41.0 Å². The number of carboxylic acid groups (broad SMARTS) is 2. The third-order valence-corrected chi connectivity index (χ3v) is 7.71. The summed E-state index contributed by atoms with van der Waals surface area (Å²) in [5.41, 5.74) is 5.66. The molecular formula is C32H34Cl2N6O6. The summed E-state index contributed by atoms with van der Waals surface area (Å²) in [6.07, 6.45) is -2.14. The number of carbonyl (C=O) groups is 2. The fraction of sp³-hybridized carbons (Fsp3) is 0.250. The first-order chi connectivity index (χ1) is 22.2. The first-order valence-electron chi connectivity index (χ1n) is 14.2. The third kappa shape index (κ3) is 8.76. The Morgan fingerprint density at radius 3 is 1.39 bits per heavy atom. The van der Waals surface area contributed by atoms with E-state index >= 15 is 0 Å². The molecule has 0 radical (unpaired) electrons. The van der Waals surface area contributed by atoms with Crippen molar-refractivity contribution in [1.29, 1.82) is 0 Å². The van der Waals surface area contributed by atoms with Crippen LogP contribution in [0.3, 0.4) is 0 Å². The summed E-state index contributed by atoms with van der Waals surface area (Å²) >= 11 is 14.0. The molecule has 0 spiro atoms. The van der Waals surface area contributed by atoms with Crippen molar-refractivity contribution >= 4 is 35.4 Å². The minimum Gasteiger partial charge on any atom is -0.481 e. The maximum atomic E-state index is 10.6. The number of nitrogens with zero attached hydrogens (tertiary/aromatic N) is 2. The summed E-state index contributed by atoms with van der Waals surface area (Å²) in [5, 5.41) is 29.3. The molecule has 46 heavy (non-hydrogen) atoms. The van der Waals surface area contributed by atoms with Gasteiger partial charge in [-0.05, 0) is 12.1 Å². The summed E-state index contributed by atoms with van der Waals surface area (Å²) in [6, 6.07) is 18.8. The molecule has 0 saturated carbocycles. The van der Waals surface area contributed by atoms with Crippen molar-refractivity contribution < 1.29 is 29.3 Å². The normalized spacial score (nSPS) is 10.8. The van der Waals surface area contributed by atoms with Crippen LogP contribution in [0.25, 0.3) is 33.6 Å². The zero-order chi connectivity index (χ0) is 33.1. The zero-order valence-electron chi connectivity index (χ0n) is 25.2. The van der Waals surface area contributed by atoms with Crippen molar-refractivity contribution in [3.63, 3.8) is 0 Å². The minimum atomic E-state index is -1.07. The fourth-order valence-corrected chi connectivity index (χ4v) is 5.35. The standard InChI is InChI=1S/C32H34Cl2N6O6/c1-45-29-19(17-35-13-15-37-31(41)42)9-11-25(39-29)23-7-3-5-21(27(23)33)22-6-4-8-24(28(22)34)26-12-10-20(30(40-26)46-2)18-36-14-16-38-32(43)44/h3-12,35-38H,13-18H2,1-2H3,(H,41,42)(H,43,44). The average Bonchev–Trinajstić information content (AvgIpc) is 3.04. The molecule has 2 amide bonds. The molecule has 0 aliphatic heterocycles. The molecule has 0 aliphatic carbocycles. The van der Waals surface area contributed by atoms with Crippen LogP contribution in [0.4, 0.5) is 9.59 Å². The topological polar surface area (TPSA) is 167 Å². The molecule has 4 aromatic rings. The van der Waals surface area contributed by atoms with Crippen LogP contribution < -0.4 is 30.7 Å². The van der Waals surface area contributed by atoms with Gasteiger partial charge in [0.05, 0.1) is 35.7 Å². The summed E-state index contributed by atoms with van der Waals surface area (Å²) in [5.74, 6) is 0.849. The summed E-state index contributed by atoms with van der Waals surface area (Å²) in [7, 11) is 3.08. The summed E-state index contributed by atoms with van der Waals surface area (Å²) in [4.78, 5) is 30.6. The molecule has 2 aromatic carbocycles. The largest absolute Gasteiger partial charge is 0.481 e. The maximum absolute atomic E-state index is 10.6. The minimum absolute atomic E-state index is 0.275. The molecule has 0 atom stereocenters. The molecular weight excluding hydrogens is 635 g/mol. The predicted molar refractivity (Wildman–Crippen MR) is 177 cm³/mol. The highest BCUT2D eigenvalue weighted by Gasteiger charge is 2.18. The van der Waals surface area contributed by atoms with Crippen LogP contribution in [-0.2, 0) is 13.1 Å². The van der Waals surface area contributed by atoms with Crippen LogP contribution in [-0.4, -0.2) is 72.8 Å². The lowest BCUT2D eigenvalue weighted by atomic mass is 9.98. The molecule has 2 aromatic heterocycles. The lowest BCUT2D eigenvalue weighted by molar-refractivity contribution is 0.193. The molecule has 6 N–H and O–H groups in total. The van der Waals surface area contributed by atoms with E-state index in [1.165, 1.54) is 14.2 Å². The van der Waals surface area contributed by atoms with E-state index in [-0.39, 0.29) is 13.1 Å². The van der Waals surface area contributed by atoms with E-state index < -0.39 is 12.2 Å². The second-order valence-electron chi connectivity index (χ2n) is 9.88. The number of rotatable bonds is 15. The maximum Gasteiger partial charge on any atom is 0.404 e. The lowest BCUT2D eigenvalue weighted by Crippen LogP contribution is -2.30. The van der Waals surface area contributed by atoms with Gasteiger partial charge in [-0.15, -0.1) is 0 Å². The molecule has 4 rings (SSSR count). The van der Waals surface area contributed by atoms with E-state index in [9.17, 15) is 9.59 Å². The third-order valence-electron chi connectivity index (χ3n) is 6.89. The van der Waals surface area contributed by atoms with Crippen LogP contribution in [0.5, 0.6) is 11.8 Å². The van der Waals surface area contributed by atoms with Crippen molar-refractivity contribution in [2.24, 2.45) is 0 Å². The molecule has 14 heteroatoms. The van der Waals surface area contributed by atoms with E-state index in [0.29, 0.717) is 81.6 Å². The van der Waals surface area contributed by atoms with E-state index in [4.69, 9.17) is 52.9 Å². The Morgan fingerprint density at radius 2 is 1.02 bits per heavy atom. The van der Waals surface area contributed by atoms with Crippen LogP contribution in [0.1, 0.15) is 11.1 Å². The van der Waals surface area contributed by atoms with Crippen molar-refractivity contribution in [2.45, 2.75) is 13.1 Å². The average molecular weight is 670 g/mol. The Kier molecular flexibility index (Phi) is 12.4. The van der Waals surface area contributed by atoms with Crippen molar-refractivity contribution in [1.82, 2.24) is 31.2 Å². The number of pyridine rings is 2. The molecule has 0 bridgehead atoms.